The zero-order valence-corrected chi connectivity index (χ0v) is 16.1. The minimum Gasteiger partial charge on any atom is -0.332 e. The quantitative estimate of drug-likeness (QED) is 0.643. The Labute approximate surface area is 155 Å². The van der Waals surface area contributed by atoms with Crippen molar-refractivity contribution >= 4 is 17.7 Å². The van der Waals surface area contributed by atoms with Gasteiger partial charge in [-0.25, -0.2) is 0 Å². The van der Waals surface area contributed by atoms with Crippen molar-refractivity contribution in [3.63, 3.8) is 0 Å². The van der Waals surface area contributed by atoms with Crippen LogP contribution >= 0.6 is 11.8 Å². The fourth-order valence-electron chi connectivity index (χ4n) is 3.53. The highest BCUT2D eigenvalue weighted by atomic mass is 32.2. The molecule has 2 unspecified atom stereocenters. The number of amides is 1. The first-order chi connectivity index (χ1) is 12.0. The lowest BCUT2D eigenvalue weighted by Crippen LogP contribution is -2.70. The van der Waals surface area contributed by atoms with Crippen molar-refractivity contribution in [3.8, 4) is 0 Å². The first-order valence-corrected chi connectivity index (χ1v) is 10.0. The van der Waals surface area contributed by atoms with E-state index in [-0.39, 0.29) is 10.7 Å². The van der Waals surface area contributed by atoms with E-state index in [0.29, 0.717) is 12.0 Å². The molecular formula is C22H27NOS. The van der Waals surface area contributed by atoms with Gasteiger partial charge in [0.1, 0.15) is 4.75 Å². The molecule has 1 fully saturated rings. The van der Waals surface area contributed by atoms with Crippen LogP contribution in [0.15, 0.2) is 60.7 Å². The van der Waals surface area contributed by atoms with Crippen molar-refractivity contribution in [1.82, 2.24) is 4.90 Å². The molecule has 0 saturated carbocycles. The number of likely N-dealkylation sites (tertiary alicyclic amines) is 1. The van der Waals surface area contributed by atoms with Gasteiger partial charge in [-0.3, -0.25) is 4.79 Å². The van der Waals surface area contributed by atoms with Crippen molar-refractivity contribution in [1.29, 1.82) is 0 Å². The number of hydrogen-bond acceptors (Lipinski definition) is 2. The van der Waals surface area contributed by atoms with E-state index >= 15 is 0 Å². The molecule has 0 N–H and O–H groups in total. The van der Waals surface area contributed by atoms with Gasteiger partial charge < -0.3 is 4.90 Å². The Bertz CT molecular complexity index is 700. The first kappa shape index (κ1) is 18.1. The van der Waals surface area contributed by atoms with E-state index < -0.39 is 0 Å². The van der Waals surface area contributed by atoms with Crippen LogP contribution in [0.4, 0.5) is 0 Å². The molecule has 0 radical (unpaired) electrons. The van der Waals surface area contributed by atoms with Crippen molar-refractivity contribution in [2.75, 3.05) is 0 Å². The Morgan fingerprint density at radius 2 is 1.56 bits per heavy atom. The molecule has 1 aliphatic rings. The maximum Gasteiger partial charge on any atom is 0.241 e. The molecule has 1 amide bonds. The summed E-state index contributed by atoms with van der Waals surface area (Å²) in [7, 11) is 0. The van der Waals surface area contributed by atoms with Crippen molar-refractivity contribution in [3.05, 3.63) is 71.8 Å². The Hall–Kier alpha value is -1.74. The molecular weight excluding hydrogens is 326 g/mol. The molecule has 2 aromatic rings. The molecule has 1 saturated heterocycles. The standard InChI is InChI=1S/C22H27NOS/c1-17(2)14-20-22(3,25-16-19-12-8-5-9-13-19)21(24)23(20)15-18-10-6-4-7-11-18/h4-13,17,20H,14-16H2,1-3H3. The van der Waals surface area contributed by atoms with Crippen LogP contribution in [0.2, 0.25) is 0 Å². The molecule has 2 atom stereocenters. The van der Waals surface area contributed by atoms with Gasteiger partial charge in [-0.1, -0.05) is 74.5 Å². The maximum atomic E-state index is 13.0. The van der Waals surface area contributed by atoms with Crippen LogP contribution in [0.25, 0.3) is 0 Å². The molecule has 132 valence electrons. The minimum atomic E-state index is -0.311. The Morgan fingerprint density at radius 1 is 1.00 bits per heavy atom. The monoisotopic (exact) mass is 353 g/mol. The fraction of sp³-hybridized carbons (Fsp3) is 0.409. The Kier molecular flexibility index (Phi) is 5.53. The summed E-state index contributed by atoms with van der Waals surface area (Å²) in [5.41, 5.74) is 2.49. The molecule has 1 aliphatic heterocycles. The highest BCUT2D eigenvalue weighted by molar-refractivity contribution is 8.00. The van der Waals surface area contributed by atoms with Crippen LogP contribution in [-0.4, -0.2) is 21.6 Å². The van der Waals surface area contributed by atoms with Gasteiger partial charge in [-0.05, 0) is 30.4 Å². The summed E-state index contributed by atoms with van der Waals surface area (Å²) in [6.45, 7) is 7.34. The fourth-order valence-corrected chi connectivity index (χ4v) is 4.84. The Morgan fingerprint density at radius 3 is 2.12 bits per heavy atom. The number of carbonyl (C=O) groups excluding carboxylic acids is 1. The van der Waals surface area contributed by atoms with Crippen LogP contribution < -0.4 is 0 Å². The number of β-lactam (4-membered cyclic amide) rings is 1. The first-order valence-electron chi connectivity index (χ1n) is 9.03. The molecule has 0 aliphatic carbocycles. The lowest BCUT2D eigenvalue weighted by molar-refractivity contribution is -0.153. The van der Waals surface area contributed by atoms with Crippen LogP contribution in [0.1, 0.15) is 38.3 Å². The average molecular weight is 354 g/mol. The highest BCUT2D eigenvalue weighted by Gasteiger charge is 2.57. The maximum absolute atomic E-state index is 13.0. The van der Waals surface area contributed by atoms with E-state index in [0.717, 1.165) is 18.7 Å². The third-order valence-electron chi connectivity index (χ3n) is 4.97. The highest BCUT2D eigenvalue weighted by Crippen LogP contribution is 2.46. The van der Waals surface area contributed by atoms with Crippen LogP contribution in [-0.2, 0) is 17.1 Å². The van der Waals surface area contributed by atoms with Crippen LogP contribution in [0, 0.1) is 5.92 Å². The second-order valence-corrected chi connectivity index (χ2v) is 8.87. The van der Waals surface area contributed by atoms with Gasteiger partial charge >= 0.3 is 0 Å². The normalized spacial score (nSPS) is 23.0. The van der Waals surface area contributed by atoms with Crippen LogP contribution in [0.5, 0.6) is 0 Å². The number of nitrogens with zero attached hydrogens (tertiary/aromatic N) is 1. The lowest BCUT2D eigenvalue weighted by Gasteiger charge is -2.55. The van der Waals surface area contributed by atoms with Gasteiger partial charge in [0.15, 0.2) is 0 Å². The van der Waals surface area contributed by atoms with Gasteiger partial charge in [-0.2, -0.15) is 0 Å². The van der Waals surface area contributed by atoms with E-state index in [9.17, 15) is 4.79 Å². The number of benzene rings is 2. The second-order valence-electron chi connectivity index (χ2n) is 7.45. The average Bonchev–Trinajstić information content (AvgIpc) is 2.64. The van der Waals surface area contributed by atoms with E-state index in [2.05, 4.69) is 62.1 Å². The third kappa shape index (κ3) is 3.92. The number of thioether (sulfide) groups is 1. The molecule has 1 heterocycles. The van der Waals surface area contributed by atoms with E-state index in [1.165, 1.54) is 11.1 Å². The van der Waals surface area contributed by atoms with Gasteiger partial charge in [-0.15, -0.1) is 11.8 Å². The molecule has 2 aromatic carbocycles. The zero-order chi connectivity index (χ0) is 17.9. The third-order valence-corrected chi connectivity index (χ3v) is 6.49. The molecule has 0 bridgehead atoms. The van der Waals surface area contributed by atoms with E-state index in [1.807, 2.05) is 24.3 Å². The smallest absolute Gasteiger partial charge is 0.241 e. The lowest BCUT2D eigenvalue weighted by atomic mass is 9.82. The molecule has 0 spiro atoms. The summed E-state index contributed by atoms with van der Waals surface area (Å²) >= 11 is 1.80. The van der Waals surface area contributed by atoms with Gasteiger partial charge in [0.05, 0.1) is 6.04 Å². The zero-order valence-electron chi connectivity index (χ0n) is 15.3. The van der Waals surface area contributed by atoms with Crippen molar-refractivity contribution in [2.24, 2.45) is 5.92 Å². The topological polar surface area (TPSA) is 20.3 Å². The molecule has 0 aromatic heterocycles. The number of rotatable bonds is 7. The van der Waals surface area contributed by atoms with Gasteiger partial charge in [0.25, 0.3) is 0 Å². The number of hydrogen-bond donors (Lipinski definition) is 0. The molecule has 3 heteroatoms. The summed E-state index contributed by atoms with van der Waals surface area (Å²) in [6, 6.07) is 21.0. The van der Waals surface area contributed by atoms with E-state index in [1.54, 1.807) is 11.8 Å². The second kappa shape index (κ2) is 7.65. The summed E-state index contributed by atoms with van der Waals surface area (Å²) in [5, 5.41) is 0. The predicted molar refractivity (Wildman–Crippen MR) is 106 cm³/mol. The summed E-state index contributed by atoms with van der Waals surface area (Å²) in [4.78, 5) is 15.1. The van der Waals surface area contributed by atoms with Crippen molar-refractivity contribution < 1.29 is 4.79 Å². The Balaban J connectivity index is 1.72. The number of carbonyl (C=O) groups is 1. The summed E-state index contributed by atoms with van der Waals surface area (Å²) in [6.07, 6.45) is 1.05. The SMILES string of the molecule is CC(C)CC1N(Cc2ccccc2)C(=O)C1(C)SCc1ccccc1. The van der Waals surface area contributed by atoms with Crippen LogP contribution in [0.3, 0.4) is 0 Å². The van der Waals surface area contributed by atoms with Gasteiger partial charge in [0.2, 0.25) is 5.91 Å². The largest absolute Gasteiger partial charge is 0.332 e. The summed E-state index contributed by atoms with van der Waals surface area (Å²) in [5.74, 6) is 1.74. The van der Waals surface area contributed by atoms with Gasteiger partial charge in [0, 0.05) is 12.3 Å². The van der Waals surface area contributed by atoms with E-state index in [4.69, 9.17) is 0 Å². The molecule has 25 heavy (non-hydrogen) atoms. The molecule has 3 rings (SSSR count). The molecule has 2 nitrogen and oxygen atoms in total. The minimum absolute atomic E-state index is 0.280. The van der Waals surface area contributed by atoms with Crippen molar-refractivity contribution in [2.45, 2.75) is 50.3 Å². The predicted octanol–water partition coefficient (Wildman–Crippen LogP) is 5.14. The summed E-state index contributed by atoms with van der Waals surface area (Å²) < 4.78 is -0.311.